The average molecular weight is 309 g/mol. The highest BCUT2D eigenvalue weighted by Gasteiger charge is 2.20. The van der Waals surface area contributed by atoms with Gasteiger partial charge in [0, 0.05) is 16.1 Å². The van der Waals surface area contributed by atoms with Crippen molar-refractivity contribution in [3.8, 4) is 0 Å². The van der Waals surface area contributed by atoms with Gasteiger partial charge in [0.1, 0.15) is 5.82 Å². The maximum Gasteiger partial charge on any atom is 0.129 e. The predicted molar refractivity (Wildman–Crippen MR) is 70.4 cm³/mol. The van der Waals surface area contributed by atoms with Gasteiger partial charge >= 0.3 is 0 Å². The molecule has 1 aromatic rings. The van der Waals surface area contributed by atoms with Gasteiger partial charge in [-0.1, -0.05) is 31.9 Å². The minimum Gasteiger partial charge on any atom is -0.313 e. The molecule has 0 fully saturated rings. The Balaban J connectivity index is 3.15. The van der Waals surface area contributed by atoms with Crippen LogP contribution in [0.25, 0.3) is 0 Å². The number of nitrogens with one attached hydrogen (secondary N) is 1. The van der Waals surface area contributed by atoms with Crippen LogP contribution in [0.4, 0.5) is 4.39 Å². The van der Waals surface area contributed by atoms with Gasteiger partial charge in [-0.25, -0.2) is 4.39 Å². The number of halogens is 3. The van der Waals surface area contributed by atoms with Gasteiger partial charge in [0.2, 0.25) is 0 Å². The van der Waals surface area contributed by atoms with Gasteiger partial charge < -0.3 is 5.32 Å². The fraction of sp³-hybridized carbons (Fsp3) is 0.500. The molecule has 1 aromatic carbocycles. The third-order valence-electron chi connectivity index (χ3n) is 2.90. The van der Waals surface area contributed by atoms with Crippen LogP contribution in [0.1, 0.15) is 31.9 Å². The second-order valence-electron chi connectivity index (χ2n) is 3.94. The van der Waals surface area contributed by atoms with E-state index in [-0.39, 0.29) is 11.9 Å². The Hall–Kier alpha value is -0.120. The molecule has 2 atom stereocenters. The second-order valence-corrected chi connectivity index (χ2v) is 5.20. The van der Waals surface area contributed by atoms with Gasteiger partial charge in [-0.15, -0.1) is 0 Å². The van der Waals surface area contributed by atoms with Crippen molar-refractivity contribution in [2.24, 2.45) is 5.92 Å². The van der Waals surface area contributed by atoms with Crippen molar-refractivity contribution in [3.05, 3.63) is 33.0 Å². The Morgan fingerprint density at radius 3 is 2.62 bits per heavy atom. The summed E-state index contributed by atoms with van der Waals surface area (Å²) in [6.45, 7) is 4.18. The molecule has 0 aliphatic heterocycles. The van der Waals surface area contributed by atoms with E-state index in [0.717, 1.165) is 6.42 Å². The van der Waals surface area contributed by atoms with Crippen molar-refractivity contribution in [2.75, 3.05) is 7.05 Å². The summed E-state index contributed by atoms with van der Waals surface area (Å²) < 4.78 is 14.4. The first-order valence-electron chi connectivity index (χ1n) is 5.33. The lowest BCUT2D eigenvalue weighted by atomic mass is 9.92. The molecule has 0 heterocycles. The van der Waals surface area contributed by atoms with Crippen LogP contribution in [0.2, 0.25) is 5.02 Å². The summed E-state index contributed by atoms with van der Waals surface area (Å²) in [5, 5.41) is 3.68. The van der Waals surface area contributed by atoms with E-state index in [2.05, 4.69) is 35.1 Å². The topological polar surface area (TPSA) is 12.0 Å². The van der Waals surface area contributed by atoms with E-state index in [1.165, 1.54) is 6.07 Å². The SMILES string of the molecule is CCC(C)C(NC)c1cc(Cl)c(Br)cc1F. The smallest absolute Gasteiger partial charge is 0.129 e. The number of hydrogen-bond acceptors (Lipinski definition) is 1. The van der Waals surface area contributed by atoms with Gasteiger partial charge in [-0.2, -0.15) is 0 Å². The zero-order valence-electron chi connectivity index (χ0n) is 9.65. The van der Waals surface area contributed by atoms with Crippen LogP contribution in [-0.4, -0.2) is 7.05 Å². The van der Waals surface area contributed by atoms with E-state index < -0.39 is 0 Å². The molecule has 0 saturated carbocycles. The minimum absolute atomic E-state index is 0.00407. The number of rotatable bonds is 4. The summed E-state index contributed by atoms with van der Waals surface area (Å²) in [5.74, 6) is 0.132. The van der Waals surface area contributed by atoms with Crippen molar-refractivity contribution in [1.82, 2.24) is 5.32 Å². The molecule has 2 unspecified atom stereocenters. The lowest BCUT2D eigenvalue weighted by molar-refractivity contribution is 0.387. The first-order valence-corrected chi connectivity index (χ1v) is 6.50. The van der Waals surface area contributed by atoms with Crippen molar-refractivity contribution >= 4 is 27.5 Å². The third kappa shape index (κ3) is 2.96. The first-order chi connectivity index (χ1) is 7.51. The van der Waals surface area contributed by atoms with Crippen molar-refractivity contribution in [1.29, 1.82) is 0 Å². The molecule has 1 rings (SSSR count). The lowest BCUT2D eigenvalue weighted by Gasteiger charge is -2.23. The van der Waals surface area contributed by atoms with Crippen molar-refractivity contribution < 1.29 is 4.39 Å². The zero-order chi connectivity index (χ0) is 12.3. The largest absolute Gasteiger partial charge is 0.313 e. The fourth-order valence-electron chi connectivity index (χ4n) is 1.76. The normalized spacial score (nSPS) is 14.9. The van der Waals surface area contributed by atoms with Crippen molar-refractivity contribution in [3.63, 3.8) is 0 Å². The summed E-state index contributed by atoms with van der Waals surface area (Å²) in [5.41, 5.74) is 0.630. The molecule has 0 amide bonds. The third-order valence-corrected chi connectivity index (χ3v) is 4.10. The average Bonchev–Trinajstić information content (AvgIpc) is 2.26. The highest BCUT2D eigenvalue weighted by Crippen LogP contribution is 2.32. The number of hydrogen-bond donors (Lipinski definition) is 1. The molecule has 90 valence electrons. The number of benzene rings is 1. The van der Waals surface area contributed by atoms with Gasteiger partial charge in [-0.3, -0.25) is 0 Å². The Kier molecular flexibility index (Phi) is 5.22. The summed E-state index contributed by atoms with van der Waals surface area (Å²) in [6.07, 6.45) is 0.985. The molecule has 1 nitrogen and oxygen atoms in total. The van der Waals surface area contributed by atoms with Crippen LogP contribution >= 0.6 is 27.5 Å². The van der Waals surface area contributed by atoms with Crippen LogP contribution in [0.15, 0.2) is 16.6 Å². The monoisotopic (exact) mass is 307 g/mol. The Bertz CT molecular complexity index is 370. The molecule has 0 aliphatic rings. The summed E-state index contributed by atoms with van der Waals surface area (Å²) >= 11 is 9.21. The molecule has 0 spiro atoms. The quantitative estimate of drug-likeness (QED) is 0.805. The van der Waals surface area contributed by atoms with E-state index in [9.17, 15) is 4.39 Å². The van der Waals surface area contributed by atoms with Crippen molar-refractivity contribution in [2.45, 2.75) is 26.3 Å². The molecule has 16 heavy (non-hydrogen) atoms. The molecule has 0 bridgehead atoms. The van der Waals surface area contributed by atoms with Gasteiger partial charge in [-0.05, 0) is 41.0 Å². The minimum atomic E-state index is -0.226. The molecule has 1 N–H and O–H groups in total. The van der Waals surface area contributed by atoms with Gasteiger partial charge in [0.25, 0.3) is 0 Å². The molecule has 0 aliphatic carbocycles. The van der Waals surface area contributed by atoms with Crippen LogP contribution in [-0.2, 0) is 0 Å². The van der Waals surface area contributed by atoms with Crippen LogP contribution < -0.4 is 5.32 Å². The highest BCUT2D eigenvalue weighted by molar-refractivity contribution is 9.10. The lowest BCUT2D eigenvalue weighted by Crippen LogP contribution is -2.24. The van der Waals surface area contributed by atoms with Crippen LogP contribution in [0.5, 0.6) is 0 Å². The van der Waals surface area contributed by atoms with E-state index in [4.69, 9.17) is 11.6 Å². The Morgan fingerprint density at radius 2 is 2.12 bits per heavy atom. The second kappa shape index (κ2) is 5.99. The maximum atomic E-state index is 13.8. The maximum absolute atomic E-state index is 13.8. The molecular formula is C12H16BrClFN. The van der Waals surface area contributed by atoms with E-state index in [0.29, 0.717) is 21.0 Å². The van der Waals surface area contributed by atoms with E-state index >= 15 is 0 Å². The van der Waals surface area contributed by atoms with E-state index in [1.807, 2.05) is 7.05 Å². The van der Waals surface area contributed by atoms with Crippen LogP contribution in [0, 0.1) is 11.7 Å². The summed E-state index contributed by atoms with van der Waals surface area (Å²) in [6, 6.07) is 3.11. The summed E-state index contributed by atoms with van der Waals surface area (Å²) in [7, 11) is 1.84. The standard InChI is InChI=1S/C12H16BrClFN/c1-4-7(2)12(16-3)8-5-10(14)9(13)6-11(8)15/h5-7,12,16H,4H2,1-3H3. The zero-order valence-corrected chi connectivity index (χ0v) is 12.0. The molecular weight excluding hydrogens is 292 g/mol. The predicted octanol–water partition coefficient (Wildman–Crippen LogP) is 4.55. The van der Waals surface area contributed by atoms with E-state index in [1.54, 1.807) is 6.07 Å². The molecule has 0 saturated heterocycles. The van der Waals surface area contributed by atoms with Crippen LogP contribution in [0.3, 0.4) is 0 Å². The summed E-state index contributed by atoms with van der Waals surface area (Å²) in [4.78, 5) is 0. The Morgan fingerprint density at radius 1 is 1.50 bits per heavy atom. The molecule has 0 radical (unpaired) electrons. The molecule has 4 heteroatoms. The Labute approximate surface area is 110 Å². The fourth-order valence-corrected chi connectivity index (χ4v) is 2.25. The molecule has 0 aromatic heterocycles. The highest BCUT2D eigenvalue weighted by atomic mass is 79.9. The van der Waals surface area contributed by atoms with Gasteiger partial charge in [0.05, 0.1) is 5.02 Å². The van der Waals surface area contributed by atoms with Gasteiger partial charge in [0.15, 0.2) is 0 Å². The first kappa shape index (κ1) is 13.9.